The minimum atomic E-state index is -0.621. The summed E-state index contributed by atoms with van der Waals surface area (Å²) < 4.78 is 24.7. The predicted octanol–water partition coefficient (Wildman–Crippen LogP) is 6.15. The molecule has 200 valence electrons. The maximum atomic E-state index is 13.9. The van der Waals surface area contributed by atoms with Crippen LogP contribution in [0.1, 0.15) is 48.3 Å². The lowest BCUT2D eigenvalue weighted by molar-refractivity contribution is -0.116. The minimum absolute atomic E-state index is 0.0495. The van der Waals surface area contributed by atoms with E-state index in [2.05, 4.69) is 10.6 Å². The van der Waals surface area contributed by atoms with Crippen molar-refractivity contribution in [1.29, 1.82) is 0 Å². The van der Waals surface area contributed by atoms with Gasteiger partial charge in [0.1, 0.15) is 5.82 Å². The lowest BCUT2D eigenvalue weighted by Crippen LogP contribution is -2.37. The highest BCUT2D eigenvalue weighted by Gasteiger charge is 2.41. The van der Waals surface area contributed by atoms with E-state index in [0.717, 1.165) is 16.8 Å². The van der Waals surface area contributed by atoms with E-state index in [1.54, 1.807) is 26.4 Å². The third-order valence-electron chi connectivity index (χ3n) is 7.55. The highest BCUT2D eigenvalue weighted by atomic mass is 19.1. The molecular formula is C32H31FN2O4. The summed E-state index contributed by atoms with van der Waals surface area (Å²) in [6.45, 7) is 3.77. The van der Waals surface area contributed by atoms with E-state index in [9.17, 15) is 14.0 Å². The summed E-state index contributed by atoms with van der Waals surface area (Å²) in [5, 5.41) is 6.41. The summed E-state index contributed by atoms with van der Waals surface area (Å²) in [6.07, 6.45) is 0.859. The van der Waals surface area contributed by atoms with E-state index in [0.29, 0.717) is 46.0 Å². The smallest absolute Gasteiger partial charge is 0.254 e. The van der Waals surface area contributed by atoms with Crippen LogP contribution in [-0.4, -0.2) is 25.9 Å². The monoisotopic (exact) mass is 526 g/mol. The molecule has 0 unspecified atom stereocenters. The number of aryl methyl sites for hydroxylation is 1. The molecule has 39 heavy (non-hydrogen) atoms. The number of benzene rings is 3. The highest BCUT2D eigenvalue weighted by molar-refractivity contribution is 6.10. The quantitative estimate of drug-likeness (QED) is 0.403. The van der Waals surface area contributed by atoms with E-state index >= 15 is 0 Å². The third kappa shape index (κ3) is 5.04. The number of methoxy groups -OCH3 is 2. The maximum absolute atomic E-state index is 13.9. The van der Waals surface area contributed by atoms with Gasteiger partial charge in [-0.2, -0.15) is 0 Å². The third-order valence-corrected chi connectivity index (χ3v) is 7.55. The average Bonchev–Trinajstić information content (AvgIpc) is 2.93. The van der Waals surface area contributed by atoms with Gasteiger partial charge in [0.2, 0.25) is 0 Å². The van der Waals surface area contributed by atoms with E-state index < -0.39 is 5.92 Å². The van der Waals surface area contributed by atoms with Crippen LogP contribution in [0, 0.1) is 12.7 Å². The predicted molar refractivity (Wildman–Crippen MR) is 148 cm³/mol. The number of nitrogens with one attached hydrogen (secondary N) is 2. The summed E-state index contributed by atoms with van der Waals surface area (Å²) >= 11 is 0. The zero-order valence-electron chi connectivity index (χ0n) is 22.4. The van der Waals surface area contributed by atoms with Crippen LogP contribution in [0.3, 0.4) is 0 Å². The second kappa shape index (κ2) is 10.8. The van der Waals surface area contributed by atoms with Gasteiger partial charge in [-0.3, -0.25) is 9.59 Å². The van der Waals surface area contributed by atoms with Crippen molar-refractivity contribution in [2.24, 2.45) is 0 Å². The molecule has 3 aromatic carbocycles. The largest absolute Gasteiger partial charge is 0.493 e. The van der Waals surface area contributed by atoms with Crippen molar-refractivity contribution in [3.8, 4) is 11.5 Å². The van der Waals surface area contributed by atoms with Gasteiger partial charge in [0.15, 0.2) is 17.3 Å². The van der Waals surface area contributed by atoms with Gasteiger partial charge in [-0.05, 0) is 73.2 Å². The van der Waals surface area contributed by atoms with Gasteiger partial charge in [0.25, 0.3) is 5.91 Å². The van der Waals surface area contributed by atoms with E-state index in [1.165, 1.54) is 12.1 Å². The Kier molecular flexibility index (Phi) is 7.24. The molecule has 1 amide bonds. The van der Waals surface area contributed by atoms with Crippen LogP contribution in [0.25, 0.3) is 0 Å². The topological polar surface area (TPSA) is 76.7 Å². The van der Waals surface area contributed by atoms with Gasteiger partial charge in [-0.15, -0.1) is 0 Å². The van der Waals surface area contributed by atoms with Crippen LogP contribution in [0.15, 0.2) is 89.3 Å². The molecule has 0 spiro atoms. The van der Waals surface area contributed by atoms with Crippen LogP contribution in [0.4, 0.5) is 10.1 Å². The van der Waals surface area contributed by atoms with Crippen LogP contribution in [-0.2, 0) is 9.59 Å². The zero-order chi connectivity index (χ0) is 27.7. The molecule has 0 aromatic heterocycles. The van der Waals surface area contributed by atoms with Crippen molar-refractivity contribution in [3.63, 3.8) is 0 Å². The maximum Gasteiger partial charge on any atom is 0.254 e. The minimum Gasteiger partial charge on any atom is -0.493 e. The molecule has 2 atom stereocenters. The zero-order valence-corrected chi connectivity index (χ0v) is 22.4. The number of carbonyl (C=O) groups excluding carboxylic acids is 2. The van der Waals surface area contributed by atoms with Gasteiger partial charge in [-0.1, -0.05) is 36.4 Å². The fraction of sp³-hybridized carbons (Fsp3) is 0.250. The molecule has 0 saturated heterocycles. The fourth-order valence-corrected chi connectivity index (χ4v) is 5.57. The molecule has 0 bridgehead atoms. The Morgan fingerprint density at radius 3 is 2.31 bits per heavy atom. The van der Waals surface area contributed by atoms with Crippen LogP contribution < -0.4 is 20.1 Å². The molecule has 1 heterocycles. The number of hydrogen-bond acceptors (Lipinski definition) is 5. The molecule has 2 aliphatic rings. The van der Waals surface area contributed by atoms with E-state index in [4.69, 9.17) is 9.47 Å². The van der Waals surface area contributed by atoms with Crippen molar-refractivity contribution >= 4 is 17.4 Å². The number of hydrogen-bond donors (Lipinski definition) is 2. The number of rotatable bonds is 6. The van der Waals surface area contributed by atoms with Crippen LogP contribution in [0.5, 0.6) is 11.5 Å². The molecular weight excluding hydrogens is 495 g/mol. The molecule has 0 saturated carbocycles. The van der Waals surface area contributed by atoms with E-state index in [1.807, 2.05) is 56.3 Å². The number of anilines is 1. The van der Waals surface area contributed by atoms with Crippen molar-refractivity contribution < 1.29 is 23.5 Å². The molecule has 0 fully saturated rings. The fourth-order valence-electron chi connectivity index (χ4n) is 5.57. The molecule has 6 nitrogen and oxygen atoms in total. The molecule has 2 N–H and O–H groups in total. The lowest BCUT2D eigenvalue weighted by atomic mass is 9.71. The number of allylic oxidation sites excluding steroid dienone is 3. The standard InChI is InChI=1S/C32H31FN2O4/c1-18-7-5-6-8-24(18)35-32(37)29-19(2)34-25-15-22(21-11-14-27(38-3)28(17-21)39-4)16-26(36)31(25)30(29)20-9-12-23(33)13-10-20/h5-14,17,22,30,34H,15-16H2,1-4H3,(H,35,37)/t22-,30-/m1/s1. The summed E-state index contributed by atoms with van der Waals surface area (Å²) in [4.78, 5) is 27.6. The number of carbonyl (C=O) groups is 2. The number of dihydropyridines is 1. The van der Waals surface area contributed by atoms with Crippen molar-refractivity contribution in [2.45, 2.75) is 38.5 Å². The summed E-state index contributed by atoms with van der Waals surface area (Å²) in [5.74, 6) is -0.196. The normalized spacial score (nSPS) is 18.8. The van der Waals surface area contributed by atoms with Gasteiger partial charge < -0.3 is 20.1 Å². The Balaban J connectivity index is 1.55. The summed E-state index contributed by atoms with van der Waals surface area (Å²) in [6, 6.07) is 19.3. The second-order valence-corrected chi connectivity index (χ2v) is 9.95. The van der Waals surface area contributed by atoms with Crippen LogP contribution in [0.2, 0.25) is 0 Å². The number of ether oxygens (including phenoxy) is 2. The van der Waals surface area contributed by atoms with Crippen LogP contribution >= 0.6 is 0 Å². The van der Waals surface area contributed by atoms with Gasteiger partial charge in [0, 0.05) is 40.6 Å². The summed E-state index contributed by atoms with van der Waals surface area (Å²) in [7, 11) is 3.17. The first-order chi connectivity index (χ1) is 18.8. The van der Waals surface area contributed by atoms with E-state index in [-0.39, 0.29) is 29.8 Å². The van der Waals surface area contributed by atoms with Gasteiger partial charge in [-0.25, -0.2) is 4.39 Å². The molecule has 3 aromatic rings. The van der Waals surface area contributed by atoms with Gasteiger partial charge in [0.05, 0.1) is 14.2 Å². The van der Waals surface area contributed by atoms with Crippen molar-refractivity contribution in [1.82, 2.24) is 5.32 Å². The average molecular weight is 527 g/mol. The van der Waals surface area contributed by atoms with Crippen molar-refractivity contribution in [2.75, 3.05) is 19.5 Å². The first-order valence-electron chi connectivity index (χ1n) is 12.9. The molecule has 0 radical (unpaired) electrons. The Morgan fingerprint density at radius 1 is 0.923 bits per heavy atom. The SMILES string of the molecule is COc1ccc([C@H]2CC(=O)C3=C(C2)NC(C)=C(C(=O)Nc2ccccc2C)[C@H]3c2ccc(F)cc2)cc1OC. The number of halogens is 1. The number of ketones is 1. The molecule has 7 heteroatoms. The Labute approximate surface area is 227 Å². The molecule has 1 aliphatic carbocycles. The number of Topliss-reactive ketones (excluding diaryl/α,β-unsaturated/α-hetero) is 1. The lowest BCUT2D eigenvalue weighted by Gasteiger charge is -2.37. The first-order valence-corrected chi connectivity index (χ1v) is 12.9. The Morgan fingerprint density at radius 2 is 1.62 bits per heavy atom. The first kappa shape index (κ1) is 26.2. The van der Waals surface area contributed by atoms with Crippen molar-refractivity contribution in [3.05, 3.63) is 112 Å². The van der Waals surface area contributed by atoms with Gasteiger partial charge >= 0.3 is 0 Å². The number of para-hydroxylation sites is 1. The Hall–Kier alpha value is -4.39. The summed E-state index contributed by atoms with van der Waals surface area (Å²) in [5.41, 5.74) is 5.73. The Bertz CT molecular complexity index is 1510. The highest BCUT2D eigenvalue weighted by Crippen LogP contribution is 2.46. The molecule has 5 rings (SSSR count). The second-order valence-electron chi connectivity index (χ2n) is 9.95. The number of amides is 1. The molecule has 1 aliphatic heterocycles.